The molecule has 2 N–H and O–H groups in total. The second kappa shape index (κ2) is 7.36. The number of carbonyl (C=O) groups is 3. The van der Waals surface area contributed by atoms with E-state index in [4.69, 9.17) is 0 Å². The molecule has 4 amide bonds. The third-order valence-corrected chi connectivity index (χ3v) is 4.79. The van der Waals surface area contributed by atoms with Crippen LogP contribution in [-0.2, 0) is 9.59 Å². The largest absolute Gasteiger partial charge is 0.341 e. The van der Waals surface area contributed by atoms with Crippen LogP contribution in [0.1, 0.15) is 19.3 Å². The van der Waals surface area contributed by atoms with Gasteiger partial charge in [-0.05, 0) is 31.5 Å². The van der Waals surface area contributed by atoms with Crippen molar-refractivity contribution in [2.45, 2.75) is 31.3 Å². The molecule has 0 aromatic heterocycles. The van der Waals surface area contributed by atoms with Crippen molar-refractivity contribution in [2.24, 2.45) is 0 Å². The first-order valence-corrected chi connectivity index (χ1v) is 8.44. The van der Waals surface area contributed by atoms with Gasteiger partial charge in [0.1, 0.15) is 17.7 Å². The molecular weight excluding hydrogens is 346 g/mol. The number of benzene rings is 1. The van der Waals surface area contributed by atoms with Gasteiger partial charge in [0.15, 0.2) is 0 Å². The van der Waals surface area contributed by atoms with Crippen LogP contribution in [0.25, 0.3) is 0 Å². The van der Waals surface area contributed by atoms with Crippen LogP contribution in [0.5, 0.6) is 0 Å². The Morgan fingerprint density at radius 2 is 2.12 bits per heavy atom. The van der Waals surface area contributed by atoms with E-state index >= 15 is 0 Å². The van der Waals surface area contributed by atoms with E-state index in [1.807, 2.05) is 0 Å². The standard InChI is InChI=1S/C17H20F2N4O3/c1-22(11-6-7-20-9-11)15(24)5-3-13-16(25)23(17(26)21-13)14-4-2-10(18)8-12(14)19/h2,4,8,11,13,20H,3,5-7,9H2,1H3,(H,21,26). The molecule has 2 heterocycles. The van der Waals surface area contributed by atoms with Crippen molar-refractivity contribution in [3.63, 3.8) is 0 Å². The fraction of sp³-hybridized carbons (Fsp3) is 0.471. The SMILES string of the molecule is CN(C(=O)CCC1NC(=O)N(c2ccc(F)cc2F)C1=O)C1CCNC1. The zero-order valence-electron chi connectivity index (χ0n) is 14.3. The smallest absolute Gasteiger partial charge is 0.329 e. The molecule has 7 nitrogen and oxygen atoms in total. The van der Waals surface area contributed by atoms with Crippen molar-refractivity contribution >= 4 is 23.5 Å². The summed E-state index contributed by atoms with van der Waals surface area (Å²) < 4.78 is 26.9. The highest BCUT2D eigenvalue weighted by atomic mass is 19.1. The summed E-state index contributed by atoms with van der Waals surface area (Å²) in [6.07, 6.45) is 1.08. The maximum absolute atomic E-state index is 13.9. The van der Waals surface area contributed by atoms with Crippen molar-refractivity contribution < 1.29 is 23.2 Å². The van der Waals surface area contributed by atoms with Gasteiger partial charge >= 0.3 is 6.03 Å². The monoisotopic (exact) mass is 366 g/mol. The van der Waals surface area contributed by atoms with Gasteiger partial charge in [0.25, 0.3) is 5.91 Å². The topological polar surface area (TPSA) is 81.8 Å². The van der Waals surface area contributed by atoms with Crippen LogP contribution in [0.15, 0.2) is 18.2 Å². The van der Waals surface area contributed by atoms with Gasteiger partial charge < -0.3 is 15.5 Å². The van der Waals surface area contributed by atoms with E-state index < -0.39 is 29.6 Å². The fourth-order valence-electron chi connectivity index (χ4n) is 3.24. The summed E-state index contributed by atoms with van der Waals surface area (Å²) in [6.45, 7) is 1.59. The van der Waals surface area contributed by atoms with Crippen molar-refractivity contribution in [2.75, 3.05) is 25.0 Å². The highest BCUT2D eigenvalue weighted by Gasteiger charge is 2.40. The Morgan fingerprint density at radius 3 is 2.77 bits per heavy atom. The number of hydrogen-bond donors (Lipinski definition) is 2. The van der Waals surface area contributed by atoms with Crippen molar-refractivity contribution in [3.05, 3.63) is 29.8 Å². The summed E-state index contributed by atoms with van der Waals surface area (Å²) in [4.78, 5) is 39.1. The number of likely N-dealkylation sites (N-methyl/N-ethyl adjacent to an activating group) is 1. The number of amides is 4. The zero-order chi connectivity index (χ0) is 18.8. The Bertz CT molecular complexity index is 737. The maximum atomic E-state index is 13.9. The molecule has 2 aliphatic heterocycles. The van der Waals surface area contributed by atoms with Crippen LogP contribution < -0.4 is 15.5 Å². The van der Waals surface area contributed by atoms with E-state index in [9.17, 15) is 23.2 Å². The van der Waals surface area contributed by atoms with Crippen LogP contribution in [-0.4, -0.2) is 55.0 Å². The molecule has 1 aromatic carbocycles. The first kappa shape index (κ1) is 18.2. The van der Waals surface area contributed by atoms with E-state index in [1.165, 1.54) is 0 Å². The van der Waals surface area contributed by atoms with Gasteiger partial charge in [0, 0.05) is 32.1 Å². The Hall–Kier alpha value is -2.55. The summed E-state index contributed by atoms with van der Waals surface area (Å²) >= 11 is 0. The molecule has 0 spiro atoms. The van der Waals surface area contributed by atoms with Crippen molar-refractivity contribution in [1.82, 2.24) is 15.5 Å². The number of nitrogens with zero attached hydrogens (tertiary/aromatic N) is 2. The minimum atomic E-state index is -1.00. The van der Waals surface area contributed by atoms with Gasteiger partial charge in [-0.15, -0.1) is 0 Å². The zero-order valence-corrected chi connectivity index (χ0v) is 14.3. The number of rotatable bonds is 5. The van der Waals surface area contributed by atoms with Crippen molar-refractivity contribution in [1.29, 1.82) is 0 Å². The van der Waals surface area contributed by atoms with E-state index in [2.05, 4.69) is 10.6 Å². The summed E-state index contributed by atoms with van der Waals surface area (Å²) in [6, 6.07) is 1.05. The normalized spacial score (nSPS) is 22.7. The minimum absolute atomic E-state index is 0.0867. The first-order chi connectivity index (χ1) is 12.4. The predicted octanol–water partition coefficient (Wildman–Crippen LogP) is 0.990. The van der Waals surface area contributed by atoms with Gasteiger partial charge in [-0.25, -0.2) is 18.5 Å². The predicted molar refractivity (Wildman–Crippen MR) is 89.4 cm³/mol. The summed E-state index contributed by atoms with van der Waals surface area (Å²) in [7, 11) is 1.72. The van der Waals surface area contributed by atoms with Crippen molar-refractivity contribution in [3.8, 4) is 0 Å². The maximum Gasteiger partial charge on any atom is 0.329 e. The molecule has 0 aliphatic carbocycles. The molecule has 140 valence electrons. The molecule has 0 saturated carbocycles. The third-order valence-electron chi connectivity index (χ3n) is 4.79. The first-order valence-electron chi connectivity index (χ1n) is 8.44. The lowest BCUT2D eigenvalue weighted by Gasteiger charge is -2.24. The molecule has 9 heteroatoms. The summed E-state index contributed by atoms with van der Waals surface area (Å²) in [5.41, 5.74) is -0.308. The Labute approximate surface area is 149 Å². The molecule has 2 unspecified atom stereocenters. The number of carbonyl (C=O) groups excluding carboxylic acids is 3. The van der Waals surface area contributed by atoms with Gasteiger partial charge in [-0.1, -0.05) is 0 Å². The van der Waals surface area contributed by atoms with Crippen LogP contribution in [0.2, 0.25) is 0 Å². The van der Waals surface area contributed by atoms with Crippen LogP contribution in [0, 0.1) is 11.6 Å². The number of anilines is 1. The lowest BCUT2D eigenvalue weighted by atomic mass is 10.1. The minimum Gasteiger partial charge on any atom is -0.341 e. The van der Waals surface area contributed by atoms with E-state index in [0.29, 0.717) is 11.0 Å². The Balaban J connectivity index is 1.62. The quantitative estimate of drug-likeness (QED) is 0.762. The number of halogens is 2. The third kappa shape index (κ3) is 3.52. The molecule has 2 aliphatic rings. The van der Waals surface area contributed by atoms with E-state index in [1.54, 1.807) is 11.9 Å². The van der Waals surface area contributed by atoms with Gasteiger partial charge in [-0.2, -0.15) is 0 Å². The van der Waals surface area contributed by atoms with Crippen LogP contribution in [0.4, 0.5) is 19.3 Å². The molecular formula is C17H20F2N4O3. The molecule has 3 rings (SSSR count). The molecule has 2 fully saturated rings. The molecule has 2 saturated heterocycles. The molecule has 0 radical (unpaired) electrons. The van der Waals surface area contributed by atoms with E-state index in [0.717, 1.165) is 31.6 Å². The van der Waals surface area contributed by atoms with Gasteiger partial charge in [0.05, 0.1) is 5.69 Å². The molecule has 1 aromatic rings. The highest BCUT2D eigenvalue weighted by molar-refractivity contribution is 6.21. The number of urea groups is 1. The highest BCUT2D eigenvalue weighted by Crippen LogP contribution is 2.25. The lowest BCUT2D eigenvalue weighted by molar-refractivity contribution is -0.131. The fourth-order valence-corrected chi connectivity index (χ4v) is 3.24. The van der Waals surface area contributed by atoms with Gasteiger partial charge in [-0.3, -0.25) is 9.59 Å². The van der Waals surface area contributed by atoms with Crippen LogP contribution >= 0.6 is 0 Å². The lowest BCUT2D eigenvalue weighted by Crippen LogP contribution is -2.39. The number of nitrogens with one attached hydrogen (secondary N) is 2. The molecule has 0 bridgehead atoms. The summed E-state index contributed by atoms with van der Waals surface area (Å²) in [5, 5.41) is 5.63. The molecule has 2 atom stereocenters. The second-order valence-corrected chi connectivity index (χ2v) is 6.46. The second-order valence-electron chi connectivity index (χ2n) is 6.46. The Kier molecular flexibility index (Phi) is 5.17. The van der Waals surface area contributed by atoms with E-state index in [-0.39, 0.29) is 30.5 Å². The summed E-state index contributed by atoms with van der Waals surface area (Å²) in [5.74, 6) is -2.57. The average Bonchev–Trinajstić information content (AvgIpc) is 3.22. The average molecular weight is 366 g/mol. The van der Waals surface area contributed by atoms with Gasteiger partial charge in [0.2, 0.25) is 5.91 Å². The van der Waals surface area contributed by atoms with Crippen LogP contribution in [0.3, 0.4) is 0 Å². The number of imide groups is 1. The number of hydrogen-bond acceptors (Lipinski definition) is 4. The molecule has 26 heavy (non-hydrogen) atoms. The Morgan fingerprint density at radius 1 is 1.35 bits per heavy atom.